The zero-order valence-electron chi connectivity index (χ0n) is 13.6. The second-order valence-electron chi connectivity index (χ2n) is 5.36. The molecule has 3 rings (SSSR count). The largest absolute Gasteiger partial charge is 0.302 e. The molecule has 0 bridgehead atoms. The Balaban J connectivity index is 1.84. The molecule has 26 heavy (non-hydrogen) atoms. The van der Waals surface area contributed by atoms with Crippen molar-refractivity contribution in [3.05, 3.63) is 58.4 Å². The lowest BCUT2D eigenvalue weighted by molar-refractivity contribution is -0.114. The summed E-state index contributed by atoms with van der Waals surface area (Å²) in [7, 11) is -3.69. The Kier molecular flexibility index (Phi) is 5.40. The van der Waals surface area contributed by atoms with E-state index in [4.69, 9.17) is 0 Å². The van der Waals surface area contributed by atoms with Crippen LogP contribution in [0, 0.1) is 0 Å². The molecule has 1 amide bonds. The van der Waals surface area contributed by atoms with Crippen molar-refractivity contribution in [2.75, 3.05) is 10.0 Å². The van der Waals surface area contributed by atoms with Crippen LogP contribution in [0.3, 0.4) is 0 Å². The van der Waals surface area contributed by atoms with Gasteiger partial charge in [0.15, 0.2) is 5.13 Å². The highest BCUT2D eigenvalue weighted by Crippen LogP contribution is 2.27. The maximum absolute atomic E-state index is 12.5. The second kappa shape index (κ2) is 7.56. The Bertz CT molecular complexity index is 1050. The molecule has 0 saturated heterocycles. The van der Waals surface area contributed by atoms with Gasteiger partial charge in [-0.25, -0.2) is 13.4 Å². The van der Waals surface area contributed by atoms with Crippen LogP contribution >= 0.6 is 27.3 Å². The normalized spacial score (nSPS) is 11.2. The molecule has 0 radical (unpaired) electrons. The molecule has 0 aliphatic heterocycles. The fraction of sp³-hybridized carbons (Fsp3) is 0.0588. The highest BCUT2D eigenvalue weighted by molar-refractivity contribution is 9.10. The molecule has 1 heterocycles. The van der Waals surface area contributed by atoms with E-state index in [0.717, 1.165) is 10.0 Å². The average Bonchev–Trinajstić information content (AvgIpc) is 3.03. The van der Waals surface area contributed by atoms with E-state index >= 15 is 0 Å². The quantitative estimate of drug-likeness (QED) is 0.603. The molecule has 3 aromatic rings. The summed E-state index contributed by atoms with van der Waals surface area (Å²) in [6, 6.07) is 13.3. The number of halogens is 1. The van der Waals surface area contributed by atoms with Gasteiger partial charge in [-0.15, -0.1) is 11.3 Å². The number of benzene rings is 2. The molecule has 134 valence electrons. The number of hydrogen-bond donors (Lipinski definition) is 2. The Morgan fingerprint density at radius 1 is 1.15 bits per heavy atom. The summed E-state index contributed by atoms with van der Waals surface area (Å²) in [5.74, 6) is -0.193. The van der Waals surface area contributed by atoms with E-state index in [2.05, 4.69) is 31.0 Å². The number of anilines is 2. The van der Waals surface area contributed by atoms with Crippen LogP contribution < -0.4 is 10.0 Å². The third kappa shape index (κ3) is 4.48. The highest BCUT2D eigenvalue weighted by atomic mass is 79.9. The Hall–Kier alpha value is -2.23. The van der Waals surface area contributed by atoms with Crippen molar-refractivity contribution in [1.82, 2.24) is 4.98 Å². The molecule has 0 spiro atoms. The Morgan fingerprint density at radius 2 is 1.88 bits per heavy atom. The smallest absolute Gasteiger partial charge is 0.261 e. The van der Waals surface area contributed by atoms with Gasteiger partial charge in [0.05, 0.1) is 10.6 Å². The van der Waals surface area contributed by atoms with Crippen molar-refractivity contribution in [2.45, 2.75) is 11.8 Å². The molecule has 9 heteroatoms. The van der Waals surface area contributed by atoms with Gasteiger partial charge in [-0.1, -0.05) is 28.1 Å². The van der Waals surface area contributed by atoms with Crippen molar-refractivity contribution in [2.24, 2.45) is 0 Å². The lowest BCUT2D eigenvalue weighted by Gasteiger charge is -2.09. The number of thiazole rings is 1. The first kappa shape index (κ1) is 18.6. The van der Waals surface area contributed by atoms with Crippen molar-refractivity contribution < 1.29 is 13.2 Å². The Morgan fingerprint density at radius 3 is 2.58 bits per heavy atom. The number of nitrogens with zero attached hydrogens (tertiary/aromatic N) is 1. The molecule has 0 aliphatic rings. The monoisotopic (exact) mass is 451 g/mol. The lowest BCUT2D eigenvalue weighted by atomic mass is 10.1. The van der Waals surface area contributed by atoms with E-state index in [-0.39, 0.29) is 10.8 Å². The zero-order valence-corrected chi connectivity index (χ0v) is 16.8. The average molecular weight is 452 g/mol. The van der Waals surface area contributed by atoms with Crippen LogP contribution in [0.2, 0.25) is 0 Å². The molecular formula is C17H14BrN3O3S2. The van der Waals surface area contributed by atoms with E-state index in [0.29, 0.717) is 16.5 Å². The van der Waals surface area contributed by atoms with Gasteiger partial charge in [0.1, 0.15) is 0 Å². The summed E-state index contributed by atoms with van der Waals surface area (Å²) in [6.07, 6.45) is 0. The third-order valence-electron chi connectivity index (χ3n) is 3.32. The number of hydrogen-bond acceptors (Lipinski definition) is 5. The van der Waals surface area contributed by atoms with Crippen LogP contribution in [0.5, 0.6) is 0 Å². The van der Waals surface area contributed by atoms with Crippen molar-refractivity contribution in [3.8, 4) is 11.3 Å². The van der Waals surface area contributed by atoms with Crippen molar-refractivity contribution >= 4 is 54.0 Å². The number of carbonyl (C=O) groups excluding carboxylic acids is 1. The number of carbonyl (C=O) groups is 1. The topological polar surface area (TPSA) is 88.2 Å². The molecule has 0 atom stereocenters. The van der Waals surface area contributed by atoms with Crippen LogP contribution in [-0.4, -0.2) is 19.3 Å². The second-order valence-corrected chi connectivity index (χ2v) is 8.82. The van der Waals surface area contributed by atoms with E-state index in [1.807, 2.05) is 6.07 Å². The van der Waals surface area contributed by atoms with Crippen molar-refractivity contribution in [3.63, 3.8) is 0 Å². The molecule has 0 fully saturated rings. The summed E-state index contributed by atoms with van der Waals surface area (Å²) in [6.45, 7) is 1.42. The highest BCUT2D eigenvalue weighted by Gasteiger charge is 2.14. The first-order valence-electron chi connectivity index (χ1n) is 7.45. The first-order valence-corrected chi connectivity index (χ1v) is 10.6. The van der Waals surface area contributed by atoms with Crippen LogP contribution in [0.1, 0.15) is 6.92 Å². The molecule has 1 aromatic heterocycles. The number of nitrogens with one attached hydrogen (secondary N) is 2. The molecule has 2 N–H and O–H groups in total. The summed E-state index contributed by atoms with van der Waals surface area (Å²) >= 11 is 4.59. The number of aromatic nitrogens is 1. The van der Waals surface area contributed by atoms with E-state index < -0.39 is 10.0 Å². The van der Waals surface area contributed by atoms with Gasteiger partial charge in [0.25, 0.3) is 10.0 Å². The number of sulfonamides is 1. The van der Waals surface area contributed by atoms with Crippen LogP contribution in [0.4, 0.5) is 10.8 Å². The minimum Gasteiger partial charge on any atom is -0.302 e. The fourth-order valence-electron chi connectivity index (χ4n) is 2.18. The van der Waals surface area contributed by atoms with E-state index in [1.165, 1.54) is 30.4 Å². The standard InChI is InChI=1S/C17H14BrN3O3S2/c1-11(22)19-17-20-16(10-25-17)12-3-2-4-14(9-12)21-26(23,24)15-7-5-13(18)6-8-15/h2-10,21H,1H3,(H,19,20,22). The zero-order chi connectivity index (χ0) is 18.7. The van der Waals surface area contributed by atoms with Gasteiger partial charge in [-0.2, -0.15) is 0 Å². The van der Waals surface area contributed by atoms with Gasteiger partial charge < -0.3 is 5.32 Å². The van der Waals surface area contributed by atoms with Gasteiger partial charge >= 0.3 is 0 Å². The van der Waals surface area contributed by atoms with Crippen molar-refractivity contribution in [1.29, 1.82) is 0 Å². The molecule has 2 aromatic carbocycles. The maximum atomic E-state index is 12.5. The summed E-state index contributed by atoms with van der Waals surface area (Å²) in [5, 5.41) is 4.92. The van der Waals surface area contributed by atoms with Gasteiger partial charge in [-0.05, 0) is 36.4 Å². The van der Waals surface area contributed by atoms with E-state index in [1.54, 1.807) is 35.7 Å². The predicted molar refractivity (Wildman–Crippen MR) is 107 cm³/mol. The summed E-state index contributed by atoms with van der Waals surface area (Å²) in [5.41, 5.74) is 1.83. The maximum Gasteiger partial charge on any atom is 0.261 e. The third-order valence-corrected chi connectivity index (χ3v) is 6.01. The summed E-state index contributed by atoms with van der Waals surface area (Å²) < 4.78 is 28.4. The van der Waals surface area contributed by atoms with Crippen LogP contribution in [-0.2, 0) is 14.8 Å². The van der Waals surface area contributed by atoms with Gasteiger partial charge in [0, 0.05) is 28.0 Å². The van der Waals surface area contributed by atoms with Crippen LogP contribution in [0.25, 0.3) is 11.3 Å². The molecular weight excluding hydrogens is 438 g/mol. The molecule has 6 nitrogen and oxygen atoms in total. The minimum absolute atomic E-state index is 0.174. The molecule has 0 aliphatic carbocycles. The number of amides is 1. The number of rotatable bonds is 5. The molecule has 0 unspecified atom stereocenters. The van der Waals surface area contributed by atoms with Crippen LogP contribution in [0.15, 0.2) is 63.3 Å². The summed E-state index contributed by atoms with van der Waals surface area (Å²) in [4.78, 5) is 15.6. The van der Waals surface area contributed by atoms with Gasteiger partial charge in [-0.3, -0.25) is 9.52 Å². The van der Waals surface area contributed by atoms with E-state index in [9.17, 15) is 13.2 Å². The lowest BCUT2D eigenvalue weighted by Crippen LogP contribution is -2.12. The SMILES string of the molecule is CC(=O)Nc1nc(-c2cccc(NS(=O)(=O)c3ccc(Br)cc3)c2)cs1. The Labute approximate surface area is 163 Å². The molecule has 0 saturated carbocycles. The minimum atomic E-state index is -3.69. The predicted octanol–water partition coefficient (Wildman–Crippen LogP) is 4.33. The first-order chi connectivity index (χ1) is 12.3. The fourth-order valence-corrected chi connectivity index (χ4v) is 4.26. The van der Waals surface area contributed by atoms with Gasteiger partial charge in [0.2, 0.25) is 5.91 Å².